The van der Waals surface area contributed by atoms with Crippen molar-refractivity contribution in [2.75, 3.05) is 12.0 Å². The van der Waals surface area contributed by atoms with Crippen LogP contribution in [0.2, 0.25) is 0 Å². The zero-order valence-corrected chi connectivity index (χ0v) is 11.0. The third-order valence-corrected chi connectivity index (χ3v) is 4.15. The fourth-order valence-corrected chi connectivity index (χ4v) is 2.60. The summed E-state index contributed by atoms with van der Waals surface area (Å²) < 4.78 is 22.4. The van der Waals surface area contributed by atoms with Crippen molar-refractivity contribution in [1.29, 1.82) is 0 Å². The summed E-state index contributed by atoms with van der Waals surface area (Å²) in [6.45, 7) is 0. The first kappa shape index (κ1) is 14.0. The molecule has 0 aliphatic rings. The van der Waals surface area contributed by atoms with Crippen LogP contribution in [0.1, 0.15) is 6.42 Å². The second-order valence-corrected chi connectivity index (χ2v) is 6.59. The Hall–Kier alpha value is -1.05. The van der Waals surface area contributed by atoms with Gasteiger partial charge in [-0.2, -0.15) is 0 Å². The summed E-state index contributed by atoms with van der Waals surface area (Å²) in [4.78, 5) is 12.1. The van der Waals surface area contributed by atoms with Gasteiger partial charge in [0.25, 0.3) is 0 Å². The summed E-state index contributed by atoms with van der Waals surface area (Å²) in [6.07, 6.45) is 1.50. The van der Waals surface area contributed by atoms with E-state index in [2.05, 4.69) is 0 Å². The number of rotatable bonds is 5. The standard InChI is InChI=1S/C10H14N2O3S2/c1-17(14,15)9-4-2-8(3-5-9)16-7-6-10(13)12-11/h2-5H,6-7,11H2,1H3,(H,12,13). The molecule has 0 radical (unpaired) electrons. The van der Waals surface area contributed by atoms with Gasteiger partial charge in [-0.15, -0.1) is 11.8 Å². The highest BCUT2D eigenvalue weighted by atomic mass is 32.2. The van der Waals surface area contributed by atoms with E-state index >= 15 is 0 Å². The number of carbonyl (C=O) groups is 1. The van der Waals surface area contributed by atoms with Gasteiger partial charge in [0.2, 0.25) is 5.91 Å². The van der Waals surface area contributed by atoms with Crippen molar-refractivity contribution in [3.8, 4) is 0 Å². The molecule has 5 nitrogen and oxygen atoms in total. The van der Waals surface area contributed by atoms with E-state index in [9.17, 15) is 13.2 Å². The normalized spacial score (nSPS) is 11.2. The molecule has 0 aliphatic heterocycles. The number of nitrogens with one attached hydrogen (secondary N) is 1. The molecule has 7 heteroatoms. The van der Waals surface area contributed by atoms with Crippen LogP contribution in [0, 0.1) is 0 Å². The van der Waals surface area contributed by atoms with E-state index in [0.717, 1.165) is 4.90 Å². The Bertz CT molecular complexity index is 483. The largest absolute Gasteiger partial charge is 0.294 e. The van der Waals surface area contributed by atoms with Crippen LogP contribution in [0.3, 0.4) is 0 Å². The number of hydrogen-bond donors (Lipinski definition) is 2. The Morgan fingerprint density at radius 3 is 2.41 bits per heavy atom. The molecule has 0 unspecified atom stereocenters. The van der Waals surface area contributed by atoms with Crippen molar-refractivity contribution in [1.82, 2.24) is 5.43 Å². The second-order valence-electron chi connectivity index (χ2n) is 3.41. The number of benzene rings is 1. The van der Waals surface area contributed by atoms with E-state index < -0.39 is 9.84 Å². The van der Waals surface area contributed by atoms with E-state index in [1.807, 2.05) is 5.43 Å². The molecule has 0 aromatic heterocycles. The van der Waals surface area contributed by atoms with Crippen LogP contribution in [0.4, 0.5) is 0 Å². The molecule has 3 N–H and O–H groups in total. The number of hydrazine groups is 1. The van der Waals surface area contributed by atoms with Crippen molar-refractivity contribution in [3.05, 3.63) is 24.3 Å². The predicted molar refractivity (Wildman–Crippen MR) is 67.2 cm³/mol. The molecule has 0 heterocycles. The lowest BCUT2D eigenvalue weighted by molar-refractivity contribution is -0.120. The number of thioether (sulfide) groups is 1. The van der Waals surface area contributed by atoms with Crippen molar-refractivity contribution >= 4 is 27.5 Å². The molecule has 0 aliphatic carbocycles. The molecule has 0 saturated heterocycles. The van der Waals surface area contributed by atoms with Gasteiger partial charge < -0.3 is 0 Å². The third kappa shape index (κ3) is 4.76. The summed E-state index contributed by atoms with van der Waals surface area (Å²) >= 11 is 1.47. The van der Waals surface area contributed by atoms with Crippen molar-refractivity contribution in [2.45, 2.75) is 16.2 Å². The van der Waals surface area contributed by atoms with Crippen LogP contribution in [-0.4, -0.2) is 26.3 Å². The van der Waals surface area contributed by atoms with Gasteiger partial charge in [-0.3, -0.25) is 10.2 Å². The van der Waals surface area contributed by atoms with Gasteiger partial charge in [-0.25, -0.2) is 14.3 Å². The number of carbonyl (C=O) groups excluding carboxylic acids is 1. The highest BCUT2D eigenvalue weighted by Gasteiger charge is 2.06. The topological polar surface area (TPSA) is 89.3 Å². The molecule has 1 amide bonds. The SMILES string of the molecule is CS(=O)(=O)c1ccc(SCCC(=O)NN)cc1. The smallest absolute Gasteiger partial charge is 0.234 e. The molecular weight excluding hydrogens is 260 g/mol. The molecule has 1 rings (SSSR count). The number of hydrogen-bond acceptors (Lipinski definition) is 5. The average molecular weight is 274 g/mol. The van der Waals surface area contributed by atoms with Crippen LogP contribution >= 0.6 is 11.8 Å². The first-order chi connectivity index (χ1) is 7.93. The van der Waals surface area contributed by atoms with Crippen LogP contribution in [0.5, 0.6) is 0 Å². The van der Waals surface area contributed by atoms with E-state index in [1.165, 1.54) is 18.0 Å². The number of nitrogens with two attached hydrogens (primary N) is 1. The maximum absolute atomic E-state index is 11.2. The summed E-state index contributed by atoms with van der Waals surface area (Å²) in [7, 11) is -3.15. The highest BCUT2D eigenvalue weighted by Crippen LogP contribution is 2.20. The lowest BCUT2D eigenvalue weighted by Gasteiger charge is -2.02. The van der Waals surface area contributed by atoms with Gasteiger partial charge in [0, 0.05) is 23.3 Å². The van der Waals surface area contributed by atoms with Crippen molar-refractivity contribution in [2.24, 2.45) is 5.84 Å². The zero-order chi connectivity index (χ0) is 12.9. The Kier molecular flexibility index (Phi) is 4.98. The fourth-order valence-electron chi connectivity index (χ4n) is 1.12. The van der Waals surface area contributed by atoms with Crippen LogP contribution in [0.15, 0.2) is 34.1 Å². The summed E-state index contributed by atoms with van der Waals surface area (Å²) in [6, 6.07) is 6.56. The summed E-state index contributed by atoms with van der Waals surface area (Å²) in [5.41, 5.74) is 2.05. The van der Waals surface area contributed by atoms with Crippen LogP contribution in [0.25, 0.3) is 0 Å². The van der Waals surface area contributed by atoms with Gasteiger partial charge in [-0.1, -0.05) is 0 Å². The van der Waals surface area contributed by atoms with E-state index in [1.54, 1.807) is 24.3 Å². The molecule has 0 fully saturated rings. The quantitative estimate of drug-likeness (QED) is 0.354. The Morgan fingerprint density at radius 2 is 1.94 bits per heavy atom. The number of sulfone groups is 1. The van der Waals surface area contributed by atoms with Gasteiger partial charge in [0.05, 0.1) is 4.90 Å². The maximum atomic E-state index is 11.2. The molecule has 1 aromatic rings. The fraction of sp³-hybridized carbons (Fsp3) is 0.300. The van der Waals surface area contributed by atoms with Gasteiger partial charge >= 0.3 is 0 Å². The van der Waals surface area contributed by atoms with Gasteiger partial charge in [-0.05, 0) is 24.3 Å². The highest BCUT2D eigenvalue weighted by molar-refractivity contribution is 7.99. The maximum Gasteiger partial charge on any atom is 0.234 e. The molecule has 0 bridgehead atoms. The van der Waals surface area contributed by atoms with Crippen molar-refractivity contribution < 1.29 is 13.2 Å². The minimum absolute atomic E-state index is 0.217. The lowest BCUT2D eigenvalue weighted by atomic mass is 10.4. The molecule has 0 spiro atoms. The zero-order valence-electron chi connectivity index (χ0n) is 9.34. The van der Waals surface area contributed by atoms with Crippen molar-refractivity contribution in [3.63, 3.8) is 0 Å². The Balaban J connectivity index is 2.55. The minimum Gasteiger partial charge on any atom is -0.294 e. The van der Waals surface area contributed by atoms with E-state index in [0.29, 0.717) is 17.1 Å². The summed E-state index contributed by atoms with van der Waals surface area (Å²) in [5.74, 6) is 5.32. The monoisotopic (exact) mass is 274 g/mol. The number of amides is 1. The molecular formula is C10H14N2O3S2. The molecule has 17 heavy (non-hydrogen) atoms. The molecule has 0 saturated carbocycles. The second kappa shape index (κ2) is 6.04. The molecule has 1 aromatic carbocycles. The first-order valence-electron chi connectivity index (χ1n) is 4.86. The Morgan fingerprint density at radius 1 is 1.35 bits per heavy atom. The lowest BCUT2D eigenvalue weighted by Crippen LogP contribution is -2.30. The predicted octanol–water partition coefficient (Wildman–Crippen LogP) is 0.562. The molecule has 0 atom stereocenters. The first-order valence-corrected chi connectivity index (χ1v) is 7.73. The third-order valence-electron chi connectivity index (χ3n) is 2.01. The average Bonchev–Trinajstić information content (AvgIpc) is 2.28. The van der Waals surface area contributed by atoms with E-state index in [4.69, 9.17) is 5.84 Å². The molecule has 94 valence electrons. The van der Waals surface area contributed by atoms with Gasteiger partial charge in [0.15, 0.2) is 9.84 Å². The van der Waals surface area contributed by atoms with Crippen LogP contribution in [-0.2, 0) is 14.6 Å². The summed E-state index contributed by atoms with van der Waals surface area (Å²) in [5, 5.41) is 0. The van der Waals surface area contributed by atoms with Crippen LogP contribution < -0.4 is 11.3 Å². The Labute approximate surface area is 105 Å². The van der Waals surface area contributed by atoms with E-state index in [-0.39, 0.29) is 5.91 Å². The van der Waals surface area contributed by atoms with Gasteiger partial charge in [0.1, 0.15) is 0 Å². The minimum atomic E-state index is -3.15.